The first kappa shape index (κ1) is 14.2. The van der Waals surface area contributed by atoms with Crippen LogP contribution in [0.5, 0.6) is 0 Å². The lowest BCUT2D eigenvalue weighted by Crippen LogP contribution is -2.37. The number of carbonyl (C=O) groups excluding carboxylic acids is 2. The van der Waals surface area contributed by atoms with Crippen molar-refractivity contribution in [2.75, 3.05) is 6.54 Å². The summed E-state index contributed by atoms with van der Waals surface area (Å²) in [5, 5.41) is 5.59. The fourth-order valence-electron chi connectivity index (χ4n) is 1.56. The van der Waals surface area contributed by atoms with Gasteiger partial charge in [-0.2, -0.15) is 0 Å². The molecular weight excluding hydrogens is 228 g/mol. The Hall–Kier alpha value is -1.84. The number of carbonyl (C=O) groups is 2. The standard InChI is InChI=1S/C14H20N2O2/c1-3-9-15-13(17)10-11(2)16-14(18)12-7-5-4-6-8-12/h4-8,11H,3,9-10H2,1-2H3,(H,15,17)(H,16,18). The summed E-state index contributed by atoms with van der Waals surface area (Å²) in [6.07, 6.45) is 1.22. The van der Waals surface area contributed by atoms with E-state index in [1.54, 1.807) is 12.1 Å². The molecule has 1 unspecified atom stereocenters. The molecule has 4 heteroatoms. The molecule has 0 heterocycles. The summed E-state index contributed by atoms with van der Waals surface area (Å²) in [5.74, 6) is -0.177. The Kier molecular flexibility index (Phi) is 5.91. The molecule has 0 spiro atoms. The third-order valence-corrected chi connectivity index (χ3v) is 2.48. The Morgan fingerprint density at radius 2 is 1.89 bits per heavy atom. The molecule has 0 aromatic heterocycles. The Morgan fingerprint density at radius 3 is 2.50 bits per heavy atom. The molecule has 0 fully saturated rings. The van der Waals surface area contributed by atoms with E-state index in [0.717, 1.165) is 6.42 Å². The van der Waals surface area contributed by atoms with Gasteiger partial charge < -0.3 is 10.6 Å². The molecule has 0 aliphatic rings. The summed E-state index contributed by atoms with van der Waals surface area (Å²) in [7, 11) is 0. The van der Waals surface area contributed by atoms with E-state index >= 15 is 0 Å². The van der Waals surface area contributed by atoms with E-state index in [4.69, 9.17) is 0 Å². The van der Waals surface area contributed by atoms with Crippen LogP contribution in [0.25, 0.3) is 0 Å². The molecular formula is C14H20N2O2. The van der Waals surface area contributed by atoms with Crippen LogP contribution >= 0.6 is 0 Å². The fraction of sp³-hybridized carbons (Fsp3) is 0.429. The van der Waals surface area contributed by atoms with Gasteiger partial charge in [0.1, 0.15) is 0 Å². The van der Waals surface area contributed by atoms with Crippen molar-refractivity contribution in [2.45, 2.75) is 32.7 Å². The second-order valence-corrected chi connectivity index (χ2v) is 4.29. The number of amides is 2. The molecule has 0 radical (unpaired) electrons. The van der Waals surface area contributed by atoms with Crippen LogP contribution in [0.2, 0.25) is 0 Å². The zero-order chi connectivity index (χ0) is 13.4. The van der Waals surface area contributed by atoms with Crippen molar-refractivity contribution in [3.63, 3.8) is 0 Å². The lowest BCUT2D eigenvalue weighted by molar-refractivity contribution is -0.121. The number of rotatable bonds is 6. The molecule has 0 aliphatic heterocycles. The van der Waals surface area contributed by atoms with Gasteiger partial charge in [-0.05, 0) is 25.5 Å². The zero-order valence-electron chi connectivity index (χ0n) is 10.9. The van der Waals surface area contributed by atoms with Crippen LogP contribution in [0.3, 0.4) is 0 Å². The van der Waals surface area contributed by atoms with Crippen molar-refractivity contribution in [1.82, 2.24) is 10.6 Å². The highest BCUT2D eigenvalue weighted by Gasteiger charge is 2.12. The highest BCUT2D eigenvalue weighted by Crippen LogP contribution is 2.00. The van der Waals surface area contributed by atoms with Crippen LogP contribution < -0.4 is 10.6 Å². The maximum Gasteiger partial charge on any atom is 0.251 e. The molecule has 1 atom stereocenters. The Morgan fingerprint density at radius 1 is 1.22 bits per heavy atom. The van der Waals surface area contributed by atoms with E-state index in [-0.39, 0.29) is 17.9 Å². The monoisotopic (exact) mass is 248 g/mol. The third-order valence-electron chi connectivity index (χ3n) is 2.48. The molecule has 0 saturated carbocycles. The van der Waals surface area contributed by atoms with E-state index in [1.165, 1.54) is 0 Å². The van der Waals surface area contributed by atoms with Crippen molar-refractivity contribution < 1.29 is 9.59 Å². The van der Waals surface area contributed by atoms with Gasteiger partial charge in [0, 0.05) is 24.6 Å². The molecule has 2 N–H and O–H groups in total. The SMILES string of the molecule is CCCNC(=O)CC(C)NC(=O)c1ccccc1. The number of hydrogen-bond acceptors (Lipinski definition) is 2. The summed E-state index contributed by atoms with van der Waals surface area (Å²) in [5.41, 5.74) is 0.610. The third kappa shape index (κ3) is 4.99. The van der Waals surface area contributed by atoms with E-state index < -0.39 is 0 Å². The molecule has 0 aliphatic carbocycles. The average Bonchev–Trinajstić information content (AvgIpc) is 2.37. The highest BCUT2D eigenvalue weighted by molar-refractivity contribution is 5.94. The molecule has 0 saturated heterocycles. The van der Waals surface area contributed by atoms with Crippen molar-refractivity contribution in [2.24, 2.45) is 0 Å². The Bertz CT molecular complexity index is 390. The molecule has 98 valence electrons. The van der Waals surface area contributed by atoms with Gasteiger partial charge in [0.15, 0.2) is 0 Å². The molecule has 0 bridgehead atoms. The largest absolute Gasteiger partial charge is 0.356 e. The van der Waals surface area contributed by atoms with Gasteiger partial charge in [0.2, 0.25) is 5.91 Å². The summed E-state index contributed by atoms with van der Waals surface area (Å²) < 4.78 is 0. The molecule has 1 aromatic carbocycles. The Balaban J connectivity index is 2.38. The van der Waals surface area contributed by atoms with Gasteiger partial charge in [-0.15, -0.1) is 0 Å². The molecule has 1 rings (SSSR count). The van der Waals surface area contributed by atoms with Crippen LogP contribution in [0.1, 0.15) is 37.0 Å². The summed E-state index contributed by atoms with van der Waals surface area (Å²) in [4.78, 5) is 23.3. The van der Waals surface area contributed by atoms with Crippen molar-refractivity contribution in [3.8, 4) is 0 Å². The normalized spacial score (nSPS) is 11.7. The number of benzene rings is 1. The smallest absolute Gasteiger partial charge is 0.251 e. The number of nitrogens with one attached hydrogen (secondary N) is 2. The average molecular weight is 248 g/mol. The molecule has 1 aromatic rings. The predicted octanol–water partition coefficient (Wildman–Crippen LogP) is 1.72. The number of hydrogen-bond donors (Lipinski definition) is 2. The summed E-state index contributed by atoms with van der Waals surface area (Å²) in [6.45, 7) is 4.51. The quantitative estimate of drug-likeness (QED) is 0.805. The molecule has 18 heavy (non-hydrogen) atoms. The topological polar surface area (TPSA) is 58.2 Å². The maximum atomic E-state index is 11.8. The summed E-state index contributed by atoms with van der Waals surface area (Å²) in [6, 6.07) is 8.81. The van der Waals surface area contributed by atoms with E-state index in [2.05, 4.69) is 10.6 Å². The van der Waals surface area contributed by atoms with Crippen LogP contribution in [0.15, 0.2) is 30.3 Å². The van der Waals surface area contributed by atoms with Crippen LogP contribution in [0, 0.1) is 0 Å². The first-order valence-corrected chi connectivity index (χ1v) is 6.26. The first-order chi connectivity index (χ1) is 8.63. The highest BCUT2D eigenvalue weighted by atomic mass is 16.2. The molecule has 2 amide bonds. The van der Waals surface area contributed by atoms with Crippen LogP contribution in [-0.4, -0.2) is 24.4 Å². The molecule has 4 nitrogen and oxygen atoms in total. The van der Waals surface area contributed by atoms with Gasteiger partial charge >= 0.3 is 0 Å². The second kappa shape index (κ2) is 7.48. The van der Waals surface area contributed by atoms with Crippen molar-refractivity contribution >= 4 is 11.8 Å². The predicted molar refractivity (Wildman–Crippen MR) is 71.3 cm³/mol. The minimum Gasteiger partial charge on any atom is -0.356 e. The maximum absolute atomic E-state index is 11.8. The zero-order valence-corrected chi connectivity index (χ0v) is 10.9. The first-order valence-electron chi connectivity index (χ1n) is 6.26. The second-order valence-electron chi connectivity index (χ2n) is 4.29. The minimum absolute atomic E-state index is 0.0299. The summed E-state index contributed by atoms with van der Waals surface area (Å²) >= 11 is 0. The van der Waals surface area contributed by atoms with Crippen molar-refractivity contribution in [1.29, 1.82) is 0 Å². The van der Waals surface area contributed by atoms with Crippen LogP contribution in [0.4, 0.5) is 0 Å². The van der Waals surface area contributed by atoms with Gasteiger partial charge in [-0.3, -0.25) is 9.59 Å². The van der Waals surface area contributed by atoms with E-state index in [9.17, 15) is 9.59 Å². The fourth-order valence-corrected chi connectivity index (χ4v) is 1.56. The van der Waals surface area contributed by atoms with Gasteiger partial charge in [-0.1, -0.05) is 25.1 Å². The van der Waals surface area contributed by atoms with E-state index in [0.29, 0.717) is 18.5 Å². The van der Waals surface area contributed by atoms with Gasteiger partial charge in [-0.25, -0.2) is 0 Å². The minimum atomic E-state index is -0.172. The van der Waals surface area contributed by atoms with Gasteiger partial charge in [0.05, 0.1) is 0 Å². The van der Waals surface area contributed by atoms with Crippen LogP contribution in [-0.2, 0) is 4.79 Å². The van der Waals surface area contributed by atoms with E-state index in [1.807, 2.05) is 32.0 Å². The lowest BCUT2D eigenvalue weighted by Gasteiger charge is -2.13. The Labute approximate surface area is 108 Å². The van der Waals surface area contributed by atoms with Gasteiger partial charge in [0.25, 0.3) is 5.91 Å². The lowest BCUT2D eigenvalue weighted by atomic mass is 10.1. The van der Waals surface area contributed by atoms with Crippen molar-refractivity contribution in [3.05, 3.63) is 35.9 Å².